The minimum absolute atomic E-state index is 0.0554. The fourth-order valence-corrected chi connectivity index (χ4v) is 2.30. The van der Waals surface area contributed by atoms with Gasteiger partial charge in [0.1, 0.15) is 11.6 Å². The zero-order valence-electron chi connectivity index (χ0n) is 9.99. The first kappa shape index (κ1) is 11.2. The van der Waals surface area contributed by atoms with Gasteiger partial charge in [-0.15, -0.1) is 0 Å². The van der Waals surface area contributed by atoms with Crippen molar-refractivity contribution in [3.8, 4) is 0 Å². The Labute approximate surface area is 95.7 Å². The second-order valence-electron chi connectivity index (χ2n) is 4.53. The van der Waals surface area contributed by atoms with E-state index in [1.165, 1.54) is 19.3 Å². The van der Waals surface area contributed by atoms with E-state index in [2.05, 4.69) is 21.8 Å². The van der Waals surface area contributed by atoms with Crippen LogP contribution < -0.4 is 10.5 Å². The number of H-pyrrole nitrogens is 1. The Balaban J connectivity index is 2.11. The largest absolute Gasteiger partial charge is 0.356 e. The van der Waals surface area contributed by atoms with E-state index in [-0.39, 0.29) is 5.56 Å². The molecule has 0 radical (unpaired) electrons. The van der Waals surface area contributed by atoms with E-state index >= 15 is 0 Å². The summed E-state index contributed by atoms with van der Waals surface area (Å²) in [5.74, 6) is 2.37. The van der Waals surface area contributed by atoms with Gasteiger partial charge in [0.05, 0.1) is 0 Å². The van der Waals surface area contributed by atoms with Crippen LogP contribution in [0.4, 0.5) is 5.82 Å². The standard InChI is InChI=1S/C12H19N3O/c1-3-10-4-6-15(7-5-10)11-8-12(16)14-9(2)13-11/h8,10H,3-7H2,1-2H3,(H,13,14,16). The first-order valence-electron chi connectivity index (χ1n) is 6.02. The predicted octanol–water partition coefficient (Wildman–Crippen LogP) is 1.70. The molecule has 0 unspecified atom stereocenters. The van der Waals surface area contributed by atoms with Crippen LogP contribution >= 0.6 is 0 Å². The summed E-state index contributed by atoms with van der Waals surface area (Å²) in [6.45, 7) is 6.11. The van der Waals surface area contributed by atoms with Crippen LogP contribution in [0.5, 0.6) is 0 Å². The maximum absolute atomic E-state index is 11.4. The molecule has 4 nitrogen and oxygen atoms in total. The highest BCUT2D eigenvalue weighted by molar-refractivity contribution is 5.37. The van der Waals surface area contributed by atoms with Crippen LogP contribution in [0.3, 0.4) is 0 Å². The maximum Gasteiger partial charge on any atom is 0.252 e. The molecule has 1 fully saturated rings. The second-order valence-corrected chi connectivity index (χ2v) is 4.53. The summed E-state index contributed by atoms with van der Waals surface area (Å²) in [6, 6.07) is 1.60. The average molecular weight is 221 g/mol. The lowest BCUT2D eigenvalue weighted by atomic mass is 9.94. The summed E-state index contributed by atoms with van der Waals surface area (Å²) in [7, 11) is 0. The minimum atomic E-state index is -0.0554. The molecule has 16 heavy (non-hydrogen) atoms. The van der Waals surface area contributed by atoms with Gasteiger partial charge >= 0.3 is 0 Å². The Kier molecular flexibility index (Phi) is 3.27. The van der Waals surface area contributed by atoms with E-state index < -0.39 is 0 Å². The first-order chi connectivity index (χ1) is 7.69. The number of aromatic amines is 1. The van der Waals surface area contributed by atoms with Crippen molar-refractivity contribution in [3.05, 3.63) is 22.2 Å². The van der Waals surface area contributed by atoms with Gasteiger partial charge < -0.3 is 9.88 Å². The van der Waals surface area contributed by atoms with Crippen LogP contribution in [-0.2, 0) is 0 Å². The van der Waals surface area contributed by atoms with Crippen LogP contribution in [0, 0.1) is 12.8 Å². The number of nitrogens with zero attached hydrogens (tertiary/aromatic N) is 2. The third kappa shape index (κ3) is 2.43. The molecule has 0 atom stereocenters. The Morgan fingerprint density at radius 1 is 1.50 bits per heavy atom. The van der Waals surface area contributed by atoms with Gasteiger partial charge in [0.15, 0.2) is 0 Å². The molecule has 0 bridgehead atoms. The number of nitrogens with one attached hydrogen (secondary N) is 1. The molecule has 1 saturated heterocycles. The van der Waals surface area contributed by atoms with Crippen LogP contribution in [0.25, 0.3) is 0 Å². The molecule has 1 aromatic rings. The highest BCUT2D eigenvalue weighted by Gasteiger charge is 2.19. The van der Waals surface area contributed by atoms with Gasteiger partial charge in [0, 0.05) is 19.2 Å². The number of aromatic nitrogens is 2. The summed E-state index contributed by atoms with van der Waals surface area (Å²) in [5, 5.41) is 0. The topological polar surface area (TPSA) is 49.0 Å². The van der Waals surface area contributed by atoms with Crippen LogP contribution in [0.15, 0.2) is 10.9 Å². The van der Waals surface area contributed by atoms with Gasteiger partial charge in [-0.2, -0.15) is 0 Å². The molecule has 2 heterocycles. The molecule has 0 aliphatic carbocycles. The monoisotopic (exact) mass is 221 g/mol. The van der Waals surface area contributed by atoms with Crippen LogP contribution in [0.1, 0.15) is 32.0 Å². The molecule has 0 aromatic carbocycles. The highest BCUT2D eigenvalue weighted by Crippen LogP contribution is 2.22. The Hall–Kier alpha value is -1.32. The maximum atomic E-state index is 11.4. The number of hydrogen-bond acceptors (Lipinski definition) is 3. The van der Waals surface area contributed by atoms with E-state index in [9.17, 15) is 4.79 Å². The molecule has 1 aliphatic heterocycles. The van der Waals surface area contributed by atoms with E-state index in [0.29, 0.717) is 5.82 Å². The Morgan fingerprint density at radius 2 is 2.19 bits per heavy atom. The van der Waals surface area contributed by atoms with Crippen molar-refractivity contribution in [1.29, 1.82) is 0 Å². The minimum Gasteiger partial charge on any atom is -0.356 e. The summed E-state index contributed by atoms with van der Waals surface area (Å²) in [5.41, 5.74) is -0.0554. The average Bonchev–Trinajstić information content (AvgIpc) is 2.28. The smallest absolute Gasteiger partial charge is 0.252 e. The lowest BCUT2D eigenvalue weighted by Gasteiger charge is -2.32. The number of anilines is 1. The van der Waals surface area contributed by atoms with Crippen molar-refractivity contribution in [2.75, 3.05) is 18.0 Å². The molecular weight excluding hydrogens is 202 g/mol. The van der Waals surface area contributed by atoms with Crippen LogP contribution in [-0.4, -0.2) is 23.1 Å². The number of aryl methyl sites for hydroxylation is 1. The molecule has 0 spiro atoms. The quantitative estimate of drug-likeness (QED) is 0.827. The predicted molar refractivity (Wildman–Crippen MR) is 64.8 cm³/mol. The molecule has 88 valence electrons. The number of rotatable bonds is 2. The Bertz CT molecular complexity index is 405. The second kappa shape index (κ2) is 4.68. The van der Waals surface area contributed by atoms with Crippen molar-refractivity contribution in [2.45, 2.75) is 33.1 Å². The summed E-state index contributed by atoms with van der Waals surface area (Å²) >= 11 is 0. The highest BCUT2D eigenvalue weighted by atomic mass is 16.1. The van der Waals surface area contributed by atoms with Gasteiger partial charge in [-0.25, -0.2) is 4.98 Å². The molecule has 4 heteroatoms. The zero-order chi connectivity index (χ0) is 11.5. The first-order valence-corrected chi connectivity index (χ1v) is 6.02. The summed E-state index contributed by atoms with van der Waals surface area (Å²) < 4.78 is 0. The van der Waals surface area contributed by atoms with E-state index in [4.69, 9.17) is 0 Å². The van der Waals surface area contributed by atoms with Crippen molar-refractivity contribution >= 4 is 5.82 Å². The molecule has 1 aliphatic rings. The zero-order valence-corrected chi connectivity index (χ0v) is 9.99. The third-order valence-corrected chi connectivity index (χ3v) is 3.36. The van der Waals surface area contributed by atoms with Gasteiger partial charge in [-0.3, -0.25) is 4.79 Å². The van der Waals surface area contributed by atoms with Crippen molar-refractivity contribution in [3.63, 3.8) is 0 Å². The molecular formula is C12H19N3O. The molecule has 0 saturated carbocycles. The normalized spacial score (nSPS) is 17.8. The molecule has 2 rings (SSSR count). The van der Waals surface area contributed by atoms with E-state index in [1.807, 2.05) is 6.92 Å². The van der Waals surface area contributed by atoms with Gasteiger partial charge in [0.2, 0.25) is 0 Å². The lowest BCUT2D eigenvalue weighted by Crippen LogP contribution is -2.35. The van der Waals surface area contributed by atoms with Gasteiger partial charge in [-0.05, 0) is 25.7 Å². The SMILES string of the molecule is CCC1CCN(c2cc(=O)[nH]c(C)n2)CC1. The molecule has 0 amide bonds. The summed E-state index contributed by atoms with van der Waals surface area (Å²) in [4.78, 5) is 20.6. The fraction of sp³-hybridized carbons (Fsp3) is 0.667. The van der Waals surface area contributed by atoms with Crippen molar-refractivity contribution in [2.24, 2.45) is 5.92 Å². The van der Waals surface area contributed by atoms with E-state index in [1.54, 1.807) is 6.07 Å². The van der Waals surface area contributed by atoms with Crippen molar-refractivity contribution < 1.29 is 0 Å². The number of piperidine rings is 1. The third-order valence-electron chi connectivity index (χ3n) is 3.36. The number of hydrogen-bond donors (Lipinski definition) is 1. The van der Waals surface area contributed by atoms with E-state index in [0.717, 1.165) is 24.8 Å². The van der Waals surface area contributed by atoms with Crippen molar-refractivity contribution in [1.82, 2.24) is 9.97 Å². The summed E-state index contributed by atoms with van der Waals surface area (Å²) in [6.07, 6.45) is 3.68. The Morgan fingerprint density at radius 3 is 2.75 bits per heavy atom. The molecule has 1 N–H and O–H groups in total. The van der Waals surface area contributed by atoms with Gasteiger partial charge in [-0.1, -0.05) is 13.3 Å². The lowest BCUT2D eigenvalue weighted by molar-refractivity contribution is 0.393. The van der Waals surface area contributed by atoms with Gasteiger partial charge in [0.25, 0.3) is 5.56 Å². The fourth-order valence-electron chi connectivity index (χ4n) is 2.30. The van der Waals surface area contributed by atoms with Crippen LogP contribution in [0.2, 0.25) is 0 Å². The molecule has 1 aromatic heterocycles.